The molecule has 0 unspecified atom stereocenters. The molecule has 0 radical (unpaired) electrons. The summed E-state index contributed by atoms with van der Waals surface area (Å²) < 4.78 is 1.79. The van der Waals surface area contributed by atoms with E-state index < -0.39 is 0 Å². The second kappa shape index (κ2) is 8.94. The summed E-state index contributed by atoms with van der Waals surface area (Å²) in [5.41, 5.74) is 2.55. The average molecular weight is 355 g/mol. The first-order valence-corrected chi connectivity index (χ1v) is 9.65. The van der Waals surface area contributed by atoms with E-state index in [-0.39, 0.29) is 5.91 Å². The Morgan fingerprint density at radius 2 is 1.92 bits per heavy atom. The zero-order valence-electron chi connectivity index (χ0n) is 15.8. The fourth-order valence-electron chi connectivity index (χ4n) is 3.54. The molecule has 0 aliphatic heterocycles. The molecule has 6 heteroatoms. The van der Waals surface area contributed by atoms with E-state index in [0.29, 0.717) is 18.2 Å². The molecule has 3 rings (SSSR count). The molecule has 2 aromatic rings. The highest BCUT2D eigenvalue weighted by Gasteiger charge is 2.12. The van der Waals surface area contributed by atoms with Crippen LogP contribution in [0.1, 0.15) is 60.3 Å². The summed E-state index contributed by atoms with van der Waals surface area (Å²) >= 11 is 0. The van der Waals surface area contributed by atoms with Gasteiger partial charge < -0.3 is 10.6 Å². The highest BCUT2D eigenvalue weighted by Crippen LogP contribution is 2.16. The Balaban J connectivity index is 1.46. The fraction of sp³-hybridized carbons (Fsp3) is 0.550. The third kappa shape index (κ3) is 4.91. The van der Waals surface area contributed by atoms with Crippen molar-refractivity contribution < 1.29 is 4.79 Å². The maximum atomic E-state index is 12.3. The molecule has 1 aliphatic carbocycles. The normalized spacial score (nSPS) is 15.6. The molecular formula is C20H29N5O. The van der Waals surface area contributed by atoms with Crippen molar-refractivity contribution in [2.45, 2.75) is 58.4 Å². The summed E-state index contributed by atoms with van der Waals surface area (Å²) in [4.78, 5) is 16.6. The van der Waals surface area contributed by atoms with Crippen LogP contribution >= 0.6 is 0 Å². The first kappa shape index (κ1) is 18.6. The van der Waals surface area contributed by atoms with Crippen LogP contribution in [-0.2, 0) is 0 Å². The van der Waals surface area contributed by atoms with Gasteiger partial charge >= 0.3 is 0 Å². The molecule has 1 saturated carbocycles. The van der Waals surface area contributed by atoms with Crippen molar-refractivity contribution in [1.82, 2.24) is 25.4 Å². The lowest BCUT2D eigenvalue weighted by Gasteiger charge is -2.16. The smallest absolute Gasteiger partial charge is 0.252 e. The number of aromatic nitrogens is 3. The number of hydrogen-bond acceptors (Lipinski definition) is 4. The van der Waals surface area contributed by atoms with E-state index in [9.17, 15) is 4.79 Å². The number of pyridine rings is 1. The van der Waals surface area contributed by atoms with E-state index in [2.05, 4.69) is 20.7 Å². The van der Waals surface area contributed by atoms with Crippen molar-refractivity contribution in [2.75, 3.05) is 13.1 Å². The zero-order chi connectivity index (χ0) is 18.4. The van der Waals surface area contributed by atoms with Crippen LogP contribution in [0, 0.1) is 13.8 Å². The van der Waals surface area contributed by atoms with Crippen LogP contribution in [0.5, 0.6) is 0 Å². The summed E-state index contributed by atoms with van der Waals surface area (Å²) in [6, 6.07) is 6.24. The Morgan fingerprint density at radius 3 is 2.54 bits per heavy atom. The highest BCUT2D eigenvalue weighted by molar-refractivity contribution is 5.93. The summed E-state index contributed by atoms with van der Waals surface area (Å²) in [6.07, 6.45) is 9.47. The van der Waals surface area contributed by atoms with Crippen LogP contribution < -0.4 is 10.6 Å². The average Bonchev–Trinajstić information content (AvgIpc) is 2.84. The van der Waals surface area contributed by atoms with Crippen molar-refractivity contribution in [2.24, 2.45) is 0 Å². The van der Waals surface area contributed by atoms with Crippen molar-refractivity contribution in [1.29, 1.82) is 0 Å². The molecule has 2 N–H and O–H groups in total. The van der Waals surface area contributed by atoms with E-state index in [1.54, 1.807) is 16.9 Å². The zero-order valence-corrected chi connectivity index (χ0v) is 15.8. The monoisotopic (exact) mass is 355 g/mol. The number of rotatable bonds is 6. The molecule has 1 aliphatic rings. The molecule has 6 nitrogen and oxygen atoms in total. The van der Waals surface area contributed by atoms with E-state index in [1.807, 2.05) is 26.0 Å². The summed E-state index contributed by atoms with van der Waals surface area (Å²) in [6.45, 7) is 5.39. The lowest BCUT2D eigenvalue weighted by atomic mass is 10.1. The van der Waals surface area contributed by atoms with Gasteiger partial charge in [-0.25, -0.2) is 9.67 Å². The standard InChI is InChI=1S/C20H29N5O/c1-15-13-16(2)25(24-15)19-10-9-17(14-23-19)20(26)22-12-11-21-18-7-5-3-4-6-8-18/h9-10,13-14,18,21H,3-8,11-12H2,1-2H3,(H,22,26). The van der Waals surface area contributed by atoms with Crippen LogP contribution in [0.2, 0.25) is 0 Å². The second-order valence-corrected chi connectivity index (χ2v) is 7.14. The first-order chi connectivity index (χ1) is 12.6. The Bertz CT molecular complexity index is 714. The van der Waals surface area contributed by atoms with Gasteiger partial charge in [-0.05, 0) is 44.9 Å². The van der Waals surface area contributed by atoms with Crippen LogP contribution in [0.4, 0.5) is 0 Å². The van der Waals surface area contributed by atoms with Gasteiger partial charge in [0.1, 0.15) is 0 Å². The number of amides is 1. The number of hydrogen-bond donors (Lipinski definition) is 2. The van der Waals surface area contributed by atoms with E-state index in [0.717, 1.165) is 23.8 Å². The van der Waals surface area contributed by atoms with Gasteiger partial charge in [0.2, 0.25) is 0 Å². The largest absolute Gasteiger partial charge is 0.351 e. The van der Waals surface area contributed by atoms with Gasteiger partial charge in [0, 0.05) is 31.0 Å². The minimum atomic E-state index is -0.0833. The first-order valence-electron chi connectivity index (χ1n) is 9.65. The molecule has 1 fully saturated rings. The number of carbonyl (C=O) groups excluding carboxylic acids is 1. The van der Waals surface area contributed by atoms with Crippen LogP contribution in [0.15, 0.2) is 24.4 Å². The quantitative estimate of drug-likeness (QED) is 0.617. The molecular weight excluding hydrogens is 326 g/mol. The van der Waals surface area contributed by atoms with Crippen molar-refractivity contribution in [3.8, 4) is 5.82 Å². The summed E-state index contributed by atoms with van der Waals surface area (Å²) in [5.74, 6) is 0.641. The molecule has 140 valence electrons. The number of nitrogens with one attached hydrogen (secondary N) is 2. The predicted octanol–water partition coefficient (Wildman–Crippen LogP) is 2.93. The van der Waals surface area contributed by atoms with E-state index in [1.165, 1.54) is 38.5 Å². The Kier molecular flexibility index (Phi) is 6.39. The molecule has 0 bridgehead atoms. The van der Waals surface area contributed by atoms with Crippen molar-refractivity contribution in [3.05, 3.63) is 41.3 Å². The fourth-order valence-corrected chi connectivity index (χ4v) is 3.54. The molecule has 0 spiro atoms. The lowest BCUT2D eigenvalue weighted by molar-refractivity contribution is 0.0953. The second-order valence-electron chi connectivity index (χ2n) is 7.14. The van der Waals surface area contributed by atoms with Gasteiger partial charge in [0.05, 0.1) is 11.3 Å². The van der Waals surface area contributed by atoms with Gasteiger partial charge in [-0.15, -0.1) is 0 Å². The number of nitrogens with zero attached hydrogens (tertiary/aromatic N) is 3. The van der Waals surface area contributed by atoms with Crippen molar-refractivity contribution >= 4 is 5.91 Å². The van der Waals surface area contributed by atoms with Gasteiger partial charge in [0.25, 0.3) is 5.91 Å². The van der Waals surface area contributed by atoms with Crippen LogP contribution in [0.3, 0.4) is 0 Å². The van der Waals surface area contributed by atoms with Crippen LogP contribution in [-0.4, -0.2) is 39.8 Å². The Labute approximate surface area is 155 Å². The van der Waals surface area contributed by atoms with E-state index >= 15 is 0 Å². The van der Waals surface area contributed by atoms with Gasteiger partial charge in [-0.2, -0.15) is 5.10 Å². The maximum Gasteiger partial charge on any atom is 0.252 e. The minimum absolute atomic E-state index is 0.0833. The third-order valence-corrected chi connectivity index (χ3v) is 4.94. The molecule has 26 heavy (non-hydrogen) atoms. The lowest BCUT2D eigenvalue weighted by Crippen LogP contribution is -2.36. The third-order valence-electron chi connectivity index (χ3n) is 4.94. The van der Waals surface area contributed by atoms with Gasteiger partial charge in [0.15, 0.2) is 5.82 Å². The molecule has 2 heterocycles. The van der Waals surface area contributed by atoms with Gasteiger partial charge in [-0.3, -0.25) is 4.79 Å². The molecule has 1 amide bonds. The van der Waals surface area contributed by atoms with Crippen LogP contribution in [0.25, 0.3) is 5.82 Å². The predicted molar refractivity (Wildman–Crippen MR) is 103 cm³/mol. The molecule has 0 saturated heterocycles. The van der Waals surface area contributed by atoms with Gasteiger partial charge in [-0.1, -0.05) is 25.7 Å². The summed E-state index contributed by atoms with van der Waals surface area (Å²) in [7, 11) is 0. The SMILES string of the molecule is Cc1cc(C)n(-c2ccc(C(=O)NCCNC3CCCCCC3)cn2)n1. The Morgan fingerprint density at radius 1 is 1.15 bits per heavy atom. The maximum absolute atomic E-state index is 12.3. The topological polar surface area (TPSA) is 71.8 Å². The number of carbonyl (C=O) groups is 1. The number of aryl methyl sites for hydroxylation is 2. The highest BCUT2D eigenvalue weighted by atomic mass is 16.1. The molecule has 0 aromatic carbocycles. The molecule has 0 atom stereocenters. The van der Waals surface area contributed by atoms with Crippen molar-refractivity contribution in [3.63, 3.8) is 0 Å². The minimum Gasteiger partial charge on any atom is -0.351 e. The molecule has 2 aromatic heterocycles. The summed E-state index contributed by atoms with van der Waals surface area (Å²) in [5, 5.41) is 10.9. The van der Waals surface area contributed by atoms with E-state index in [4.69, 9.17) is 0 Å². The Hall–Kier alpha value is -2.21.